The molecule has 0 unspecified atom stereocenters. The molecule has 1 aliphatic heterocycles. The normalized spacial score (nSPS) is 15.4. The van der Waals surface area contributed by atoms with Gasteiger partial charge in [-0.1, -0.05) is 23.7 Å². The van der Waals surface area contributed by atoms with Gasteiger partial charge in [0.1, 0.15) is 5.69 Å². The van der Waals surface area contributed by atoms with Crippen LogP contribution in [-0.4, -0.2) is 46.3 Å². The Morgan fingerprint density at radius 3 is 2.48 bits per heavy atom. The number of esters is 1. The summed E-state index contributed by atoms with van der Waals surface area (Å²) < 4.78 is 45.6. The summed E-state index contributed by atoms with van der Waals surface area (Å²) in [4.78, 5) is 26.3. The average molecular weight is 430 g/mol. The molecule has 1 aromatic carbocycles. The van der Waals surface area contributed by atoms with E-state index in [1.54, 1.807) is 19.1 Å². The fraction of sp³-hybridized carbons (Fsp3) is 0.421. The first-order valence-electron chi connectivity index (χ1n) is 9.10. The van der Waals surface area contributed by atoms with Crippen LogP contribution in [0.1, 0.15) is 35.9 Å². The Balaban J connectivity index is 1.88. The molecule has 1 amide bonds. The number of amides is 1. The first-order valence-corrected chi connectivity index (χ1v) is 9.48. The zero-order valence-electron chi connectivity index (χ0n) is 15.6. The highest BCUT2D eigenvalue weighted by Gasteiger charge is 2.38. The SMILES string of the molecule is CCOC(=O)C1CCN(C(=O)c2cc(C(F)(F)F)nn2-c2ccccc2Cl)CC1. The van der Waals surface area contributed by atoms with Gasteiger partial charge in [-0.05, 0) is 31.9 Å². The molecule has 10 heteroatoms. The summed E-state index contributed by atoms with van der Waals surface area (Å²) in [5, 5.41) is 3.75. The maximum Gasteiger partial charge on any atom is 0.435 e. The highest BCUT2D eigenvalue weighted by atomic mass is 35.5. The molecule has 0 spiro atoms. The van der Waals surface area contributed by atoms with Crippen LogP contribution < -0.4 is 0 Å². The van der Waals surface area contributed by atoms with Crippen LogP contribution in [0.4, 0.5) is 13.2 Å². The van der Waals surface area contributed by atoms with Gasteiger partial charge in [-0.3, -0.25) is 9.59 Å². The maximum atomic E-state index is 13.2. The van der Waals surface area contributed by atoms with E-state index < -0.39 is 17.8 Å². The molecule has 0 aliphatic carbocycles. The molecule has 2 aromatic rings. The van der Waals surface area contributed by atoms with Crippen LogP contribution in [0.5, 0.6) is 0 Å². The minimum absolute atomic E-state index is 0.166. The van der Waals surface area contributed by atoms with Crippen LogP contribution in [-0.2, 0) is 15.7 Å². The third-order valence-electron chi connectivity index (χ3n) is 4.70. The van der Waals surface area contributed by atoms with Crippen molar-refractivity contribution >= 4 is 23.5 Å². The Kier molecular flexibility index (Phi) is 6.16. The lowest BCUT2D eigenvalue weighted by Crippen LogP contribution is -2.41. The Morgan fingerprint density at radius 1 is 1.24 bits per heavy atom. The van der Waals surface area contributed by atoms with Gasteiger partial charge in [0, 0.05) is 19.2 Å². The van der Waals surface area contributed by atoms with Crippen molar-refractivity contribution in [3.63, 3.8) is 0 Å². The number of carbonyl (C=O) groups is 2. The van der Waals surface area contributed by atoms with Crippen LogP contribution in [0.15, 0.2) is 30.3 Å². The number of ether oxygens (including phenoxy) is 1. The molecule has 156 valence electrons. The van der Waals surface area contributed by atoms with E-state index in [4.69, 9.17) is 16.3 Å². The van der Waals surface area contributed by atoms with Crippen LogP contribution in [0.3, 0.4) is 0 Å². The number of rotatable bonds is 4. The summed E-state index contributed by atoms with van der Waals surface area (Å²) in [7, 11) is 0. The van der Waals surface area contributed by atoms with E-state index in [-0.39, 0.29) is 48.0 Å². The third-order valence-corrected chi connectivity index (χ3v) is 5.02. The van der Waals surface area contributed by atoms with Gasteiger partial charge in [-0.2, -0.15) is 18.3 Å². The third kappa shape index (κ3) is 4.55. The second-order valence-electron chi connectivity index (χ2n) is 6.59. The van der Waals surface area contributed by atoms with Crippen molar-refractivity contribution < 1.29 is 27.5 Å². The number of para-hydroxylation sites is 1. The number of carbonyl (C=O) groups excluding carboxylic acids is 2. The molecule has 1 fully saturated rings. The molecule has 0 radical (unpaired) electrons. The fourth-order valence-electron chi connectivity index (χ4n) is 3.22. The van der Waals surface area contributed by atoms with Gasteiger partial charge in [-0.15, -0.1) is 0 Å². The van der Waals surface area contributed by atoms with Gasteiger partial charge in [-0.25, -0.2) is 4.68 Å². The molecule has 0 saturated carbocycles. The van der Waals surface area contributed by atoms with Gasteiger partial charge in [0.25, 0.3) is 5.91 Å². The largest absolute Gasteiger partial charge is 0.466 e. The topological polar surface area (TPSA) is 64.4 Å². The second kappa shape index (κ2) is 8.44. The molecule has 0 N–H and O–H groups in total. The Bertz CT molecular complexity index is 906. The van der Waals surface area contributed by atoms with Crippen molar-refractivity contribution in [1.82, 2.24) is 14.7 Å². The second-order valence-corrected chi connectivity index (χ2v) is 7.00. The van der Waals surface area contributed by atoms with E-state index in [0.717, 1.165) is 10.7 Å². The summed E-state index contributed by atoms with van der Waals surface area (Å²) in [5.74, 6) is -1.24. The van der Waals surface area contributed by atoms with Gasteiger partial charge >= 0.3 is 12.1 Å². The van der Waals surface area contributed by atoms with Gasteiger partial charge in [0.2, 0.25) is 0 Å². The lowest BCUT2D eigenvalue weighted by atomic mass is 9.97. The molecular weight excluding hydrogens is 411 g/mol. The molecule has 2 heterocycles. The molecular formula is C19H19ClF3N3O3. The number of nitrogens with zero attached hydrogens (tertiary/aromatic N) is 3. The average Bonchev–Trinajstić information content (AvgIpc) is 3.14. The van der Waals surface area contributed by atoms with E-state index in [1.807, 2.05) is 0 Å². The smallest absolute Gasteiger partial charge is 0.435 e. The number of piperidine rings is 1. The Hall–Kier alpha value is -2.55. The van der Waals surface area contributed by atoms with Crippen molar-refractivity contribution in [1.29, 1.82) is 0 Å². The monoisotopic (exact) mass is 429 g/mol. The Morgan fingerprint density at radius 2 is 1.90 bits per heavy atom. The van der Waals surface area contributed by atoms with Crippen LogP contribution in [0, 0.1) is 5.92 Å². The van der Waals surface area contributed by atoms with Gasteiger partial charge in [0.05, 0.1) is 23.2 Å². The minimum atomic E-state index is -4.71. The summed E-state index contributed by atoms with van der Waals surface area (Å²) in [5.41, 5.74) is -1.24. The van der Waals surface area contributed by atoms with Crippen molar-refractivity contribution in [3.8, 4) is 5.69 Å². The molecule has 6 nitrogen and oxygen atoms in total. The van der Waals surface area contributed by atoms with Crippen molar-refractivity contribution in [2.24, 2.45) is 5.92 Å². The lowest BCUT2D eigenvalue weighted by molar-refractivity contribution is -0.149. The summed E-state index contributed by atoms with van der Waals surface area (Å²) in [6, 6.07) is 6.93. The van der Waals surface area contributed by atoms with Crippen LogP contribution in [0.2, 0.25) is 5.02 Å². The van der Waals surface area contributed by atoms with Crippen molar-refractivity contribution in [2.75, 3.05) is 19.7 Å². The molecule has 3 rings (SSSR count). The summed E-state index contributed by atoms with van der Waals surface area (Å²) >= 11 is 6.11. The highest BCUT2D eigenvalue weighted by molar-refractivity contribution is 6.32. The molecule has 0 atom stereocenters. The molecule has 0 bridgehead atoms. The number of halogens is 4. The Labute approximate surface area is 170 Å². The summed E-state index contributed by atoms with van der Waals surface area (Å²) in [6.45, 7) is 2.45. The maximum absolute atomic E-state index is 13.2. The number of benzene rings is 1. The molecule has 1 aromatic heterocycles. The van der Waals surface area contributed by atoms with Crippen molar-refractivity contribution in [2.45, 2.75) is 25.9 Å². The fourth-order valence-corrected chi connectivity index (χ4v) is 3.44. The first kappa shape index (κ1) is 21.2. The zero-order chi connectivity index (χ0) is 21.2. The number of alkyl halides is 3. The number of hydrogen-bond acceptors (Lipinski definition) is 4. The molecule has 1 saturated heterocycles. The van der Waals surface area contributed by atoms with Gasteiger partial charge < -0.3 is 9.64 Å². The molecule has 1 aliphatic rings. The van der Waals surface area contributed by atoms with E-state index in [1.165, 1.54) is 17.0 Å². The van der Waals surface area contributed by atoms with Gasteiger partial charge in [0.15, 0.2) is 5.69 Å². The number of aromatic nitrogens is 2. The highest BCUT2D eigenvalue weighted by Crippen LogP contribution is 2.32. The van der Waals surface area contributed by atoms with E-state index in [9.17, 15) is 22.8 Å². The van der Waals surface area contributed by atoms with Crippen molar-refractivity contribution in [3.05, 3.63) is 46.7 Å². The standard InChI is InChI=1S/C19H19ClF3N3O3/c1-2-29-18(28)12-7-9-25(10-8-12)17(27)15-11-16(19(21,22)23)24-26(15)14-6-4-3-5-13(14)20/h3-6,11-12H,2,7-10H2,1H3. The van der Waals surface area contributed by atoms with E-state index in [2.05, 4.69) is 5.10 Å². The zero-order valence-corrected chi connectivity index (χ0v) is 16.3. The quantitative estimate of drug-likeness (QED) is 0.690. The van der Waals surface area contributed by atoms with Crippen LogP contribution >= 0.6 is 11.6 Å². The predicted octanol–water partition coefficient (Wildman–Crippen LogP) is 3.96. The number of likely N-dealkylation sites (tertiary alicyclic amines) is 1. The predicted molar refractivity (Wildman–Crippen MR) is 98.8 cm³/mol. The lowest BCUT2D eigenvalue weighted by Gasteiger charge is -2.30. The van der Waals surface area contributed by atoms with E-state index >= 15 is 0 Å². The van der Waals surface area contributed by atoms with Crippen LogP contribution in [0.25, 0.3) is 5.69 Å². The minimum Gasteiger partial charge on any atom is -0.466 e. The molecule has 29 heavy (non-hydrogen) atoms. The van der Waals surface area contributed by atoms with E-state index in [0.29, 0.717) is 12.8 Å². The number of hydrogen-bond donors (Lipinski definition) is 0. The first-order chi connectivity index (χ1) is 13.7. The summed E-state index contributed by atoms with van der Waals surface area (Å²) in [6.07, 6.45) is -3.94.